The first-order valence-electron chi connectivity index (χ1n) is 9.61. The molecule has 8 nitrogen and oxygen atoms in total. The van der Waals surface area contributed by atoms with Crippen LogP contribution in [0.1, 0.15) is 38.5 Å². The molecule has 2 amide bonds. The van der Waals surface area contributed by atoms with E-state index >= 15 is 0 Å². The van der Waals surface area contributed by atoms with Gasteiger partial charge in [0.05, 0.1) is 18.4 Å². The molecule has 8 heteroatoms. The van der Waals surface area contributed by atoms with Crippen molar-refractivity contribution >= 4 is 17.8 Å². The van der Waals surface area contributed by atoms with E-state index in [0.717, 1.165) is 38.8 Å². The predicted molar refractivity (Wildman–Crippen MR) is 95.4 cm³/mol. The zero-order valence-corrected chi connectivity index (χ0v) is 15.3. The Kier molecular flexibility index (Phi) is 8.31. The van der Waals surface area contributed by atoms with Crippen LogP contribution in [0.4, 0.5) is 0 Å². The Labute approximate surface area is 154 Å². The molecule has 4 N–H and O–H groups in total. The highest BCUT2D eigenvalue weighted by Crippen LogP contribution is 2.21. The van der Waals surface area contributed by atoms with Crippen LogP contribution in [0.3, 0.4) is 0 Å². The van der Waals surface area contributed by atoms with Gasteiger partial charge in [0.15, 0.2) is 0 Å². The van der Waals surface area contributed by atoms with Gasteiger partial charge in [-0.05, 0) is 51.1 Å². The van der Waals surface area contributed by atoms with E-state index in [0.29, 0.717) is 31.8 Å². The third kappa shape index (κ3) is 6.25. The maximum atomic E-state index is 12.5. The zero-order chi connectivity index (χ0) is 18.9. The van der Waals surface area contributed by atoms with Crippen LogP contribution < -0.4 is 10.6 Å². The van der Waals surface area contributed by atoms with Gasteiger partial charge in [-0.25, -0.2) is 0 Å². The largest absolute Gasteiger partial charge is 0.481 e. The lowest BCUT2D eigenvalue weighted by molar-refractivity contribution is -0.143. The highest BCUT2D eigenvalue weighted by atomic mass is 16.4. The number of aliphatic carboxylic acids is 1. The van der Waals surface area contributed by atoms with Gasteiger partial charge in [-0.3, -0.25) is 14.4 Å². The Bertz CT molecular complexity index is 493. The van der Waals surface area contributed by atoms with E-state index in [1.54, 1.807) is 4.90 Å². The summed E-state index contributed by atoms with van der Waals surface area (Å²) >= 11 is 0. The molecule has 2 aliphatic heterocycles. The SMILES string of the molecule is O=C(O)C(CO)CNC(=O)[C@@H]1CCCN(C(=O)CCC2CCNCC2)C1. The molecular formula is C18H31N3O5. The van der Waals surface area contributed by atoms with Crippen LogP contribution in [0.2, 0.25) is 0 Å². The fraction of sp³-hybridized carbons (Fsp3) is 0.833. The first-order valence-corrected chi connectivity index (χ1v) is 9.61. The number of carboxylic acids is 1. The molecule has 0 aromatic carbocycles. The number of hydrogen-bond acceptors (Lipinski definition) is 5. The van der Waals surface area contributed by atoms with E-state index in [9.17, 15) is 14.4 Å². The van der Waals surface area contributed by atoms with Crippen molar-refractivity contribution in [3.63, 3.8) is 0 Å². The molecule has 0 saturated carbocycles. The van der Waals surface area contributed by atoms with Gasteiger partial charge in [0.1, 0.15) is 0 Å². The third-order valence-corrected chi connectivity index (χ3v) is 5.46. The molecule has 26 heavy (non-hydrogen) atoms. The van der Waals surface area contributed by atoms with Crippen LogP contribution in [0.5, 0.6) is 0 Å². The lowest BCUT2D eigenvalue weighted by Gasteiger charge is -2.33. The number of aliphatic hydroxyl groups is 1. The molecule has 0 aromatic heterocycles. The number of carbonyl (C=O) groups is 3. The van der Waals surface area contributed by atoms with E-state index in [4.69, 9.17) is 10.2 Å². The lowest BCUT2D eigenvalue weighted by Crippen LogP contribution is -2.46. The molecular weight excluding hydrogens is 338 g/mol. The molecule has 2 aliphatic rings. The molecule has 0 bridgehead atoms. The quantitative estimate of drug-likeness (QED) is 0.471. The molecule has 2 fully saturated rings. The monoisotopic (exact) mass is 369 g/mol. The number of carboxylic acid groups (broad SMARTS) is 1. The van der Waals surface area contributed by atoms with E-state index in [1.807, 2.05) is 0 Å². The lowest BCUT2D eigenvalue weighted by atomic mass is 9.92. The first kappa shape index (κ1) is 20.6. The van der Waals surface area contributed by atoms with Crippen molar-refractivity contribution in [2.24, 2.45) is 17.8 Å². The van der Waals surface area contributed by atoms with Crippen molar-refractivity contribution in [2.75, 3.05) is 39.3 Å². The summed E-state index contributed by atoms with van der Waals surface area (Å²) in [7, 11) is 0. The van der Waals surface area contributed by atoms with Crippen LogP contribution in [0.25, 0.3) is 0 Å². The van der Waals surface area contributed by atoms with Crippen LogP contribution in [-0.4, -0.2) is 72.2 Å². The van der Waals surface area contributed by atoms with E-state index < -0.39 is 18.5 Å². The maximum Gasteiger partial charge on any atom is 0.310 e. The number of amides is 2. The predicted octanol–water partition coefficient (Wildman–Crippen LogP) is -0.186. The van der Waals surface area contributed by atoms with Crippen molar-refractivity contribution in [2.45, 2.75) is 38.5 Å². The number of aliphatic hydroxyl groups excluding tert-OH is 1. The summed E-state index contributed by atoms with van der Waals surface area (Å²) in [6.45, 7) is 2.52. The van der Waals surface area contributed by atoms with Gasteiger partial charge in [-0.15, -0.1) is 0 Å². The molecule has 2 atom stereocenters. The van der Waals surface area contributed by atoms with Crippen LogP contribution in [-0.2, 0) is 14.4 Å². The average molecular weight is 369 g/mol. The highest BCUT2D eigenvalue weighted by Gasteiger charge is 2.29. The molecule has 148 valence electrons. The molecule has 2 saturated heterocycles. The Morgan fingerprint density at radius 2 is 1.92 bits per heavy atom. The number of piperidine rings is 2. The van der Waals surface area contributed by atoms with Crippen LogP contribution in [0.15, 0.2) is 0 Å². The summed E-state index contributed by atoms with van der Waals surface area (Å²) in [5.74, 6) is -1.95. The molecule has 0 spiro atoms. The minimum atomic E-state index is -1.13. The topological polar surface area (TPSA) is 119 Å². The normalized spacial score (nSPS) is 22.7. The second-order valence-electron chi connectivity index (χ2n) is 7.37. The summed E-state index contributed by atoms with van der Waals surface area (Å²) in [6.07, 6.45) is 5.15. The minimum absolute atomic E-state index is 0.0924. The zero-order valence-electron chi connectivity index (χ0n) is 15.3. The highest BCUT2D eigenvalue weighted by molar-refractivity contribution is 5.82. The van der Waals surface area contributed by atoms with Gasteiger partial charge in [-0.1, -0.05) is 0 Å². The molecule has 0 aliphatic carbocycles. The van der Waals surface area contributed by atoms with Crippen molar-refractivity contribution in [3.8, 4) is 0 Å². The van der Waals surface area contributed by atoms with E-state index in [1.165, 1.54) is 0 Å². The summed E-state index contributed by atoms with van der Waals surface area (Å²) in [5, 5.41) is 23.8. The van der Waals surface area contributed by atoms with Gasteiger partial charge in [0, 0.05) is 26.1 Å². The second kappa shape index (κ2) is 10.5. The standard InChI is InChI=1S/C18H31N3O5/c22-12-15(18(25)26)10-20-17(24)14-2-1-9-21(11-14)16(23)4-3-13-5-7-19-8-6-13/h13-15,19,22H,1-12H2,(H,20,24)(H,25,26)/t14-,15?/m1/s1. The van der Waals surface area contributed by atoms with Crippen molar-refractivity contribution in [1.29, 1.82) is 0 Å². The summed E-state index contributed by atoms with van der Waals surface area (Å²) in [5.41, 5.74) is 0. The third-order valence-electron chi connectivity index (χ3n) is 5.46. The van der Waals surface area contributed by atoms with E-state index in [-0.39, 0.29) is 24.3 Å². The first-order chi connectivity index (χ1) is 12.5. The maximum absolute atomic E-state index is 12.5. The number of hydrogen-bond donors (Lipinski definition) is 4. The summed E-state index contributed by atoms with van der Waals surface area (Å²) in [6, 6.07) is 0. The fourth-order valence-electron chi connectivity index (χ4n) is 3.67. The fourth-order valence-corrected chi connectivity index (χ4v) is 3.67. The van der Waals surface area contributed by atoms with Crippen molar-refractivity contribution in [3.05, 3.63) is 0 Å². The Morgan fingerprint density at radius 1 is 1.19 bits per heavy atom. The number of carbonyl (C=O) groups excluding carboxylic acids is 2. The average Bonchev–Trinajstić information content (AvgIpc) is 2.67. The van der Waals surface area contributed by atoms with Gasteiger partial charge in [-0.2, -0.15) is 0 Å². The number of nitrogens with one attached hydrogen (secondary N) is 2. The van der Waals surface area contributed by atoms with E-state index in [2.05, 4.69) is 10.6 Å². The van der Waals surface area contributed by atoms with Crippen molar-refractivity contribution in [1.82, 2.24) is 15.5 Å². The molecule has 0 radical (unpaired) electrons. The van der Waals surface area contributed by atoms with Gasteiger partial charge in [0.25, 0.3) is 0 Å². The Hall–Kier alpha value is -1.67. The Balaban J connectivity index is 1.75. The van der Waals surface area contributed by atoms with Crippen molar-refractivity contribution < 1.29 is 24.6 Å². The van der Waals surface area contributed by atoms with Gasteiger partial charge < -0.3 is 25.7 Å². The number of likely N-dealkylation sites (tertiary alicyclic amines) is 1. The Morgan fingerprint density at radius 3 is 2.58 bits per heavy atom. The summed E-state index contributed by atoms with van der Waals surface area (Å²) < 4.78 is 0. The minimum Gasteiger partial charge on any atom is -0.481 e. The van der Waals surface area contributed by atoms with Crippen LogP contribution >= 0.6 is 0 Å². The molecule has 1 unspecified atom stereocenters. The second-order valence-corrected chi connectivity index (χ2v) is 7.37. The van der Waals surface area contributed by atoms with Gasteiger partial charge >= 0.3 is 5.97 Å². The van der Waals surface area contributed by atoms with Crippen LogP contribution in [0, 0.1) is 17.8 Å². The molecule has 2 rings (SSSR count). The van der Waals surface area contributed by atoms with Gasteiger partial charge in [0.2, 0.25) is 11.8 Å². The number of nitrogens with zero attached hydrogens (tertiary/aromatic N) is 1. The molecule has 0 aromatic rings. The number of rotatable bonds is 8. The molecule has 2 heterocycles. The summed E-state index contributed by atoms with van der Waals surface area (Å²) in [4.78, 5) is 37.4. The smallest absolute Gasteiger partial charge is 0.310 e.